The summed E-state index contributed by atoms with van der Waals surface area (Å²) in [5.74, 6) is -0.0627. The first-order valence-electron chi connectivity index (χ1n) is 7.58. The van der Waals surface area contributed by atoms with Crippen molar-refractivity contribution in [3.63, 3.8) is 0 Å². The highest BCUT2D eigenvalue weighted by molar-refractivity contribution is 6.02. The first-order chi connectivity index (χ1) is 10.8. The zero-order valence-corrected chi connectivity index (χ0v) is 13.7. The summed E-state index contributed by atoms with van der Waals surface area (Å²) in [5.41, 5.74) is 0.732. The van der Waals surface area contributed by atoms with Crippen molar-refractivity contribution in [3.05, 3.63) is 40.6 Å². The van der Waals surface area contributed by atoms with Gasteiger partial charge < -0.3 is 9.53 Å². The van der Waals surface area contributed by atoms with Gasteiger partial charge in [0.2, 0.25) is 5.70 Å². The summed E-state index contributed by atoms with van der Waals surface area (Å²) in [5, 5.41) is 4.42. The van der Waals surface area contributed by atoms with Crippen molar-refractivity contribution in [1.29, 1.82) is 0 Å². The van der Waals surface area contributed by atoms with Crippen LogP contribution < -0.4 is 0 Å². The van der Waals surface area contributed by atoms with Crippen LogP contribution >= 0.6 is 0 Å². The van der Waals surface area contributed by atoms with E-state index in [1.54, 1.807) is 12.3 Å². The number of fused-ring (bicyclic) bond motifs is 3. The number of aryl methyl sites for hydroxylation is 1. The standard InChI is InChI=1S/C17H19N3O3/c1-16(2)12-7-6-10-9-20(15(22)23-5)19-13(10)17(12,3)8-11(18-4)14(16)21/h8-9,12H,6-7H2,1-3,5H3/t12-,17-/m0/s1. The second-order valence-electron chi connectivity index (χ2n) is 6.98. The Morgan fingerprint density at radius 3 is 2.78 bits per heavy atom. The van der Waals surface area contributed by atoms with E-state index in [0.717, 1.165) is 24.1 Å². The molecule has 1 aromatic rings. The molecular weight excluding hydrogens is 294 g/mol. The normalized spacial score (nSPS) is 28.2. The smallest absolute Gasteiger partial charge is 0.434 e. The largest absolute Gasteiger partial charge is 0.451 e. The van der Waals surface area contributed by atoms with Gasteiger partial charge in [0.1, 0.15) is 0 Å². The monoisotopic (exact) mass is 313 g/mol. The fourth-order valence-corrected chi connectivity index (χ4v) is 4.20. The van der Waals surface area contributed by atoms with E-state index in [-0.39, 0.29) is 17.4 Å². The Hall–Kier alpha value is -2.42. The zero-order valence-electron chi connectivity index (χ0n) is 13.7. The van der Waals surface area contributed by atoms with Gasteiger partial charge in [-0.3, -0.25) is 0 Å². The molecule has 23 heavy (non-hydrogen) atoms. The third-order valence-corrected chi connectivity index (χ3v) is 5.33. The predicted octanol–water partition coefficient (Wildman–Crippen LogP) is 2.73. The number of carbonyl (C=O) groups excluding carboxylic acids is 2. The molecule has 6 nitrogen and oxygen atoms in total. The zero-order chi connectivity index (χ0) is 17.0. The summed E-state index contributed by atoms with van der Waals surface area (Å²) in [7, 11) is 1.31. The van der Waals surface area contributed by atoms with Crippen LogP contribution in [0.4, 0.5) is 4.79 Å². The van der Waals surface area contributed by atoms with E-state index in [0.29, 0.717) is 0 Å². The number of aromatic nitrogens is 2. The Morgan fingerprint density at radius 2 is 2.17 bits per heavy atom. The third kappa shape index (κ3) is 1.96. The fourth-order valence-electron chi connectivity index (χ4n) is 4.20. The number of hydrogen-bond donors (Lipinski definition) is 0. The molecule has 0 saturated heterocycles. The molecule has 1 heterocycles. The van der Waals surface area contributed by atoms with Crippen LogP contribution in [0.15, 0.2) is 18.0 Å². The molecule has 0 unspecified atom stereocenters. The van der Waals surface area contributed by atoms with Crippen LogP contribution in [-0.4, -0.2) is 28.8 Å². The Kier molecular flexibility index (Phi) is 3.22. The Bertz CT molecular complexity index is 781. The lowest BCUT2D eigenvalue weighted by Crippen LogP contribution is -2.50. The van der Waals surface area contributed by atoms with E-state index in [2.05, 4.69) is 9.94 Å². The maximum atomic E-state index is 12.6. The van der Waals surface area contributed by atoms with Gasteiger partial charge in [0.25, 0.3) is 0 Å². The van der Waals surface area contributed by atoms with Gasteiger partial charge in [0.05, 0.1) is 19.4 Å². The molecule has 6 heteroatoms. The van der Waals surface area contributed by atoms with Crippen molar-refractivity contribution in [2.75, 3.05) is 7.11 Å². The minimum absolute atomic E-state index is 0.0431. The van der Waals surface area contributed by atoms with Gasteiger partial charge in [-0.1, -0.05) is 26.8 Å². The number of ether oxygens (including phenoxy) is 1. The van der Waals surface area contributed by atoms with Crippen molar-refractivity contribution >= 4 is 11.9 Å². The first kappa shape index (κ1) is 15.5. The SMILES string of the molecule is [C-]#[N+]C1=C[C@]2(C)c3nn(C(=O)OC)cc3CC[C@H]2C(C)(C)C1=O. The summed E-state index contributed by atoms with van der Waals surface area (Å²) in [4.78, 5) is 27.7. The predicted molar refractivity (Wildman–Crippen MR) is 82.7 cm³/mol. The highest BCUT2D eigenvalue weighted by Gasteiger charge is 2.54. The van der Waals surface area contributed by atoms with Gasteiger partial charge in [-0.2, -0.15) is 9.78 Å². The highest BCUT2D eigenvalue weighted by atomic mass is 16.5. The number of allylic oxidation sites excluding steroid dienone is 2. The quantitative estimate of drug-likeness (QED) is 0.691. The summed E-state index contributed by atoms with van der Waals surface area (Å²) < 4.78 is 5.93. The van der Waals surface area contributed by atoms with Crippen LogP contribution in [-0.2, 0) is 21.4 Å². The average Bonchev–Trinajstić information content (AvgIpc) is 2.96. The minimum Gasteiger partial charge on any atom is -0.451 e. The van der Waals surface area contributed by atoms with Gasteiger partial charge in [0.15, 0.2) is 5.78 Å². The van der Waals surface area contributed by atoms with E-state index in [1.807, 2.05) is 20.8 Å². The van der Waals surface area contributed by atoms with E-state index in [9.17, 15) is 9.59 Å². The Labute approximate surface area is 134 Å². The number of hydrogen-bond acceptors (Lipinski definition) is 4. The molecule has 0 fully saturated rings. The Balaban J connectivity index is 2.21. The second-order valence-corrected chi connectivity index (χ2v) is 6.98. The van der Waals surface area contributed by atoms with Crippen LogP contribution in [0.2, 0.25) is 0 Å². The van der Waals surface area contributed by atoms with Crippen molar-refractivity contribution in [1.82, 2.24) is 9.78 Å². The molecule has 0 N–H and O–H groups in total. The molecule has 0 radical (unpaired) electrons. The average molecular weight is 313 g/mol. The summed E-state index contributed by atoms with van der Waals surface area (Å²) in [6.45, 7) is 13.1. The number of Topliss-reactive ketones (excluding diaryl/α,β-unsaturated/α-hetero) is 1. The topological polar surface area (TPSA) is 65.6 Å². The van der Waals surface area contributed by atoms with E-state index in [4.69, 9.17) is 11.3 Å². The van der Waals surface area contributed by atoms with Crippen LogP contribution in [0.1, 0.15) is 38.4 Å². The summed E-state index contributed by atoms with van der Waals surface area (Å²) in [6, 6.07) is 0. The molecule has 0 aliphatic heterocycles. The maximum Gasteiger partial charge on any atom is 0.434 e. The number of rotatable bonds is 0. The van der Waals surface area contributed by atoms with Gasteiger partial charge in [0, 0.05) is 17.0 Å². The number of ketones is 1. The number of carbonyl (C=O) groups is 2. The minimum atomic E-state index is -0.629. The molecule has 2 aliphatic rings. The number of nitrogens with zero attached hydrogens (tertiary/aromatic N) is 3. The van der Waals surface area contributed by atoms with Crippen LogP contribution in [0.5, 0.6) is 0 Å². The first-order valence-corrected chi connectivity index (χ1v) is 7.58. The summed E-state index contributed by atoms with van der Waals surface area (Å²) >= 11 is 0. The van der Waals surface area contributed by atoms with Crippen LogP contribution in [0.25, 0.3) is 4.85 Å². The van der Waals surface area contributed by atoms with Gasteiger partial charge in [-0.25, -0.2) is 9.64 Å². The lowest BCUT2D eigenvalue weighted by Gasteiger charge is -2.49. The Morgan fingerprint density at radius 1 is 1.48 bits per heavy atom. The van der Waals surface area contributed by atoms with Crippen molar-refractivity contribution < 1.29 is 14.3 Å². The summed E-state index contributed by atoms with van der Waals surface area (Å²) in [6.07, 6.45) is 4.46. The molecule has 0 aromatic carbocycles. The molecular formula is C17H19N3O3. The molecule has 2 aliphatic carbocycles. The molecule has 0 spiro atoms. The molecule has 0 bridgehead atoms. The van der Waals surface area contributed by atoms with Crippen molar-refractivity contribution in [3.8, 4) is 0 Å². The molecule has 0 amide bonds. The molecule has 3 rings (SSSR count). The number of methoxy groups -OCH3 is 1. The van der Waals surface area contributed by atoms with E-state index in [1.165, 1.54) is 11.8 Å². The van der Waals surface area contributed by atoms with Gasteiger partial charge >= 0.3 is 6.09 Å². The van der Waals surface area contributed by atoms with E-state index < -0.39 is 16.9 Å². The highest BCUT2D eigenvalue weighted by Crippen LogP contribution is 2.54. The van der Waals surface area contributed by atoms with Crippen LogP contribution in [0.3, 0.4) is 0 Å². The third-order valence-electron chi connectivity index (χ3n) is 5.33. The molecule has 120 valence electrons. The maximum absolute atomic E-state index is 12.6. The lowest BCUT2D eigenvalue weighted by molar-refractivity contribution is -0.128. The van der Waals surface area contributed by atoms with Crippen molar-refractivity contribution in [2.45, 2.75) is 39.0 Å². The fraction of sp³-hybridized carbons (Fsp3) is 0.529. The molecule has 2 atom stereocenters. The molecule has 0 saturated carbocycles. The van der Waals surface area contributed by atoms with E-state index >= 15 is 0 Å². The molecule has 1 aromatic heterocycles. The van der Waals surface area contributed by atoms with Crippen molar-refractivity contribution in [2.24, 2.45) is 11.3 Å². The second kappa shape index (κ2) is 4.79. The van der Waals surface area contributed by atoms with Crippen LogP contribution in [0, 0.1) is 17.9 Å². The van der Waals surface area contributed by atoms with Gasteiger partial charge in [-0.15, -0.1) is 0 Å². The van der Waals surface area contributed by atoms with Gasteiger partial charge in [-0.05, 0) is 24.3 Å². The lowest BCUT2D eigenvalue weighted by atomic mass is 9.53.